The standard InChI is InChI=1S/C28H23ClN2O6S2/c1-2-34-23-12-18(10-20(29)26(23)35-15-25(32)30-19-6-4-3-5-7-19)13-24-27(33)31(28(38)39-24)14-17-8-9-21-22(11-17)37-16-36-21/h3-13H,2,14-16H2,1H3,(H,30,32)/b24-13-. The zero-order chi connectivity index (χ0) is 27.4. The van der Waals surface area contributed by atoms with Gasteiger partial charge in [-0.25, -0.2) is 0 Å². The molecule has 1 N–H and O–H groups in total. The first-order valence-corrected chi connectivity index (χ1v) is 13.6. The number of carbonyl (C=O) groups is 2. The fourth-order valence-corrected chi connectivity index (χ4v) is 5.47. The van der Waals surface area contributed by atoms with E-state index in [1.807, 2.05) is 43.3 Å². The van der Waals surface area contributed by atoms with Crippen molar-refractivity contribution < 1.29 is 28.5 Å². The molecule has 0 aliphatic carbocycles. The molecule has 0 saturated carbocycles. The van der Waals surface area contributed by atoms with Crippen molar-refractivity contribution in [1.29, 1.82) is 0 Å². The molecule has 2 aliphatic rings. The highest BCUT2D eigenvalue weighted by atomic mass is 35.5. The molecule has 0 bridgehead atoms. The molecule has 39 heavy (non-hydrogen) atoms. The number of amides is 2. The van der Waals surface area contributed by atoms with Crippen LogP contribution in [0.25, 0.3) is 6.08 Å². The second kappa shape index (κ2) is 12.0. The Morgan fingerprint density at radius 2 is 1.92 bits per heavy atom. The molecule has 0 radical (unpaired) electrons. The lowest BCUT2D eigenvalue weighted by Crippen LogP contribution is -2.27. The number of nitrogens with zero attached hydrogens (tertiary/aromatic N) is 1. The second-order valence-electron chi connectivity index (χ2n) is 8.42. The molecule has 0 atom stereocenters. The zero-order valence-electron chi connectivity index (χ0n) is 20.8. The van der Waals surface area contributed by atoms with Crippen LogP contribution in [-0.2, 0) is 16.1 Å². The molecular weight excluding hydrogens is 560 g/mol. The van der Waals surface area contributed by atoms with Crippen LogP contribution in [0.5, 0.6) is 23.0 Å². The van der Waals surface area contributed by atoms with Crippen LogP contribution in [0.4, 0.5) is 5.69 Å². The Hall–Kier alpha value is -3.73. The third-order valence-electron chi connectivity index (χ3n) is 5.69. The van der Waals surface area contributed by atoms with Crippen molar-refractivity contribution in [1.82, 2.24) is 4.90 Å². The number of nitrogens with one attached hydrogen (secondary N) is 1. The number of halogens is 1. The number of fused-ring (bicyclic) bond motifs is 1. The van der Waals surface area contributed by atoms with Crippen LogP contribution in [0.2, 0.25) is 5.02 Å². The molecule has 8 nitrogen and oxygen atoms in total. The van der Waals surface area contributed by atoms with E-state index in [9.17, 15) is 9.59 Å². The Balaban J connectivity index is 1.30. The number of hydrogen-bond acceptors (Lipinski definition) is 8. The highest BCUT2D eigenvalue weighted by molar-refractivity contribution is 8.26. The average Bonchev–Trinajstić information content (AvgIpc) is 3.48. The quantitative estimate of drug-likeness (QED) is 0.247. The lowest BCUT2D eigenvalue weighted by molar-refractivity contribution is -0.122. The van der Waals surface area contributed by atoms with Gasteiger partial charge in [0.2, 0.25) is 6.79 Å². The highest BCUT2D eigenvalue weighted by Gasteiger charge is 2.32. The number of thiocarbonyl (C=S) groups is 1. The summed E-state index contributed by atoms with van der Waals surface area (Å²) in [7, 11) is 0. The molecule has 1 fully saturated rings. The van der Waals surface area contributed by atoms with E-state index in [2.05, 4.69) is 5.32 Å². The predicted octanol–water partition coefficient (Wildman–Crippen LogP) is 5.89. The minimum atomic E-state index is -0.338. The maximum absolute atomic E-state index is 13.2. The monoisotopic (exact) mass is 582 g/mol. The van der Waals surface area contributed by atoms with Gasteiger partial charge in [0.05, 0.1) is 23.1 Å². The van der Waals surface area contributed by atoms with Gasteiger partial charge in [-0.15, -0.1) is 0 Å². The molecule has 11 heteroatoms. The topological polar surface area (TPSA) is 86.3 Å². The molecule has 3 aromatic rings. The van der Waals surface area contributed by atoms with E-state index in [4.69, 9.17) is 42.8 Å². The van der Waals surface area contributed by atoms with E-state index >= 15 is 0 Å². The molecule has 0 unspecified atom stereocenters. The predicted molar refractivity (Wildman–Crippen MR) is 154 cm³/mol. The molecule has 2 heterocycles. The average molecular weight is 583 g/mol. The summed E-state index contributed by atoms with van der Waals surface area (Å²) < 4.78 is 22.7. The van der Waals surface area contributed by atoms with Gasteiger partial charge in [-0.05, 0) is 60.5 Å². The molecule has 0 aromatic heterocycles. The summed E-state index contributed by atoms with van der Waals surface area (Å²) in [6, 6.07) is 18.0. The molecule has 2 amide bonds. The van der Waals surface area contributed by atoms with E-state index in [-0.39, 0.29) is 36.0 Å². The fourth-order valence-electron chi connectivity index (χ4n) is 3.94. The van der Waals surface area contributed by atoms with Crippen LogP contribution in [0, 0.1) is 0 Å². The number of anilines is 1. The van der Waals surface area contributed by atoms with Gasteiger partial charge in [-0.2, -0.15) is 0 Å². The van der Waals surface area contributed by atoms with Gasteiger partial charge in [-0.3, -0.25) is 14.5 Å². The summed E-state index contributed by atoms with van der Waals surface area (Å²) in [6.07, 6.45) is 1.71. The summed E-state index contributed by atoms with van der Waals surface area (Å²) in [4.78, 5) is 27.5. The molecule has 1 saturated heterocycles. The largest absolute Gasteiger partial charge is 0.490 e. The lowest BCUT2D eigenvalue weighted by atomic mass is 10.1. The minimum Gasteiger partial charge on any atom is -0.490 e. The first-order valence-electron chi connectivity index (χ1n) is 12.0. The molecule has 200 valence electrons. The maximum atomic E-state index is 13.2. The number of carbonyl (C=O) groups excluding carboxylic acids is 2. The first kappa shape index (κ1) is 26.9. The van der Waals surface area contributed by atoms with Gasteiger partial charge in [0.25, 0.3) is 11.8 Å². The van der Waals surface area contributed by atoms with Crippen LogP contribution in [0.15, 0.2) is 65.6 Å². The molecule has 0 spiro atoms. The van der Waals surface area contributed by atoms with Crippen LogP contribution in [0.3, 0.4) is 0 Å². The Labute approximate surface area is 239 Å². The molecule has 2 aliphatic heterocycles. The molecule has 3 aromatic carbocycles. The lowest BCUT2D eigenvalue weighted by Gasteiger charge is -2.15. The van der Waals surface area contributed by atoms with Gasteiger partial charge in [0.1, 0.15) is 4.32 Å². The van der Waals surface area contributed by atoms with Crippen LogP contribution in [0.1, 0.15) is 18.1 Å². The summed E-state index contributed by atoms with van der Waals surface area (Å²) in [5, 5.41) is 3.00. The van der Waals surface area contributed by atoms with Gasteiger partial charge in [0.15, 0.2) is 29.6 Å². The van der Waals surface area contributed by atoms with Gasteiger partial charge >= 0.3 is 0 Å². The van der Waals surface area contributed by atoms with Gasteiger partial charge in [0, 0.05) is 5.69 Å². The second-order valence-corrected chi connectivity index (χ2v) is 10.5. The van der Waals surface area contributed by atoms with Crippen molar-refractivity contribution in [2.45, 2.75) is 13.5 Å². The number of rotatable bonds is 9. The number of hydrogen-bond donors (Lipinski definition) is 1. The minimum absolute atomic E-state index is 0.180. The van der Waals surface area contributed by atoms with E-state index < -0.39 is 0 Å². The Kier molecular flexibility index (Phi) is 8.25. The Bertz CT molecular complexity index is 1460. The van der Waals surface area contributed by atoms with Crippen LogP contribution < -0.4 is 24.3 Å². The van der Waals surface area contributed by atoms with Crippen LogP contribution in [-0.4, -0.2) is 41.0 Å². The van der Waals surface area contributed by atoms with Crippen molar-refractivity contribution in [3.05, 3.63) is 81.7 Å². The highest BCUT2D eigenvalue weighted by Crippen LogP contribution is 2.40. The summed E-state index contributed by atoms with van der Waals surface area (Å²) >= 11 is 13.2. The van der Waals surface area contributed by atoms with E-state index in [1.165, 1.54) is 16.7 Å². The van der Waals surface area contributed by atoms with E-state index in [0.717, 1.165) is 5.56 Å². The smallest absolute Gasteiger partial charge is 0.266 e. The zero-order valence-corrected chi connectivity index (χ0v) is 23.2. The van der Waals surface area contributed by atoms with Crippen LogP contribution >= 0.6 is 35.6 Å². The maximum Gasteiger partial charge on any atom is 0.266 e. The summed E-state index contributed by atoms with van der Waals surface area (Å²) in [5.74, 6) is 1.38. The van der Waals surface area contributed by atoms with Crippen molar-refractivity contribution in [2.24, 2.45) is 0 Å². The van der Waals surface area contributed by atoms with E-state index in [1.54, 1.807) is 30.3 Å². The Morgan fingerprint density at radius 3 is 2.72 bits per heavy atom. The van der Waals surface area contributed by atoms with Crippen molar-refractivity contribution in [3.63, 3.8) is 0 Å². The normalized spacial score (nSPS) is 15.1. The third kappa shape index (κ3) is 6.30. The molecular formula is C28H23ClN2O6S2. The fraction of sp³-hybridized carbons (Fsp3) is 0.179. The van der Waals surface area contributed by atoms with E-state index in [0.29, 0.717) is 50.9 Å². The SMILES string of the molecule is CCOc1cc(/C=C2\SC(=S)N(Cc3ccc4c(c3)OCO4)C2=O)cc(Cl)c1OCC(=O)Nc1ccccc1. The van der Waals surface area contributed by atoms with Crippen molar-refractivity contribution >= 4 is 63.5 Å². The number of para-hydroxylation sites is 1. The first-order chi connectivity index (χ1) is 18.9. The van der Waals surface area contributed by atoms with Crippen molar-refractivity contribution in [3.8, 4) is 23.0 Å². The number of thioether (sulfide) groups is 1. The molecule has 5 rings (SSSR count). The summed E-state index contributed by atoms with van der Waals surface area (Å²) in [6.45, 7) is 2.41. The number of ether oxygens (including phenoxy) is 4. The number of benzene rings is 3. The van der Waals surface area contributed by atoms with Crippen molar-refractivity contribution in [2.75, 3.05) is 25.3 Å². The Morgan fingerprint density at radius 1 is 1.13 bits per heavy atom. The third-order valence-corrected chi connectivity index (χ3v) is 7.34. The van der Waals surface area contributed by atoms with Gasteiger partial charge < -0.3 is 24.3 Å². The summed E-state index contributed by atoms with van der Waals surface area (Å²) in [5.41, 5.74) is 2.16. The van der Waals surface area contributed by atoms with Gasteiger partial charge in [-0.1, -0.05) is 59.8 Å².